The number of hydrogen-bond donors (Lipinski definition) is 0. The van der Waals surface area contributed by atoms with Crippen LogP contribution in [0.4, 0.5) is 0 Å². The maximum absolute atomic E-state index is 12.4. The Bertz CT molecular complexity index is 751. The molecule has 6 heteroatoms. The van der Waals surface area contributed by atoms with Crippen LogP contribution in [0, 0.1) is 6.92 Å². The SMILES string of the molecule is Cc1ccc(-c2ocnc2C(=O)O[C@@H](C)CCN2CCCC2=O)cc1. The van der Waals surface area contributed by atoms with Gasteiger partial charge in [0.2, 0.25) is 5.91 Å². The minimum Gasteiger partial charge on any atom is -0.458 e. The van der Waals surface area contributed by atoms with Gasteiger partial charge in [0.25, 0.3) is 0 Å². The predicted octanol–water partition coefficient (Wildman–Crippen LogP) is 3.21. The summed E-state index contributed by atoms with van der Waals surface area (Å²) >= 11 is 0. The number of carbonyl (C=O) groups is 2. The van der Waals surface area contributed by atoms with Gasteiger partial charge >= 0.3 is 5.97 Å². The topological polar surface area (TPSA) is 72.6 Å². The fourth-order valence-corrected chi connectivity index (χ4v) is 2.88. The van der Waals surface area contributed by atoms with Crippen LogP contribution < -0.4 is 0 Å². The van der Waals surface area contributed by atoms with Gasteiger partial charge in [0.1, 0.15) is 6.10 Å². The lowest BCUT2D eigenvalue weighted by Crippen LogP contribution is -2.29. The van der Waals surface area contributed by atoms with E-state index in [0.29, 0.717) is 25.1 Å². The van der Waals surface area contributed by atoms with Gasteiger partial charge in [-0.1, -0.05) is 29.8 Å². The molecule has 1 aliphatic heterocycles. The normalized spacial score (nSPS) is 15.4. The third-order valence-electron chi connectivity index (χ3n) is 4.36. The number of carbonyl (C=O) groups excluding carboxylic acids is 2. The molecular weight excluding hydrogens is 320 g/mol. The Hall–Kier alpha value is -2.63. The largest absolute Gasteiger partial charge is 0.458 e. The summed E-state index contributed by atoms with van der Waals surface area (Å²) in [5.41, 5.74) is 2.08. The van der Waals surface area contributed by atoms with Crippen molar-refractivity contribution in [3.63, 3.8) is 0 Å². The van der Waals surface area contributed by atoms with E-state index < -0.39 is 5.97 Å². The van der Waals surface area contributed by atoms with Gasteiger partial charge in [0.05, 0.1) is 0 Å². The van der Waals surface area contributed by atoms with E-state index in [1.54, 1.807) is 0 Å². The number of aryl methyl sites for hydroxylation is 1. The highest BCUT2D eigenvalue weighted by atomic mass is 16.5. The molecular formula is C19H22N2O4. The molecule has 3 rings (SSSR count). The molecule has 1 fully saturated rings. The highest BCUT2D eigenvalue weighted by molar-refractivity contribution is 5.93. The van der Waals surface area contributed by atoms with Crippen LogP contribution in [-0.2, 0) is 9.53 Å². The summed E-state index contributed by atoms with van der Waals surface area (Å²) < 4.78 is 10.9. The average molecular weight is 342 g/mol. The van der Waals surface area contributed by atoms with Crippen molar-refractivity contribution in [3.05, 3.63) is 41.9 Å². The lowest BCUT2D eigenvalue weighted by Gasteiger charge is -2.18. The molecule has 1 saturated heterocycles. The zero-order chi connectivity index (χ0) is 17.8. The summed E-state index contributed by atoms with van der Waals surface area (Å²) in [6.07, 6.45) is 3.08. The Labute approximate surface area is 146 Å². The van der Waals surface area contributed by atoms with Gasteiger partial charge in [-0.3, -0.25) is 4.79 Å². The molecule has 0 radical (unpaired) electrons. The third kappa shape index (κ3) is 4.07. The molecule has 0 aliphatic carbocycles. The second-order valence-corrected chi connectivity index (χ2v) is 6.39. The number of ether oxygens (including phenoxy) is 1. The molecule has 1 aliphatic rings. The van der Waals surface area contributed by atoms with E-state index in [2.05, 4.69) is 4.98 Å². The number of nitrogens with zero attached hydrogens (tertiary/aromatic N) is 2. The van der Waals surface area contributed by atoms with Crippen molar-refractivity contribution in [2.45, 2.75) is 39.2 Å². The van der Waals surface area contributed by atoms with Crippen LogP contribution >= 0.6 is 0 Å². The Morgan fingerprint density at radius 1 is 1.36 bits per heavy atom. The van der Waals surface area contributed by atoms with Crippen molar-refractivity contribution in [3.8, 4) is 11.3 Å². The van der Waals surface area contributed by atoms with E-state index in [9.17, 15) is 9.59 Å². The number of hydrogen-bond acceptors (Lipinski definition) is 5. The molecule has 1 aromatic carbocycles. The fourth-order valence-electron chi connectivity index (χ4n) is 2.88. The highest BCUT2D eigenvalue weighted by Gasteiger charge is 2.24. The molecule has 2 aromatic rings. The summed E-state index contributed by atoms with van der Waals surface area (Å²) in [6, 6.07) is 7.66. The predicted molar refractivity (Wildman–Crippen MR) is 92.0 cm³/mol. The summed E-state index contributed by atoms with van der Waals surface area (Å²) in [6.45, 7) is 5.22. The van der Waals surface area contributed by atoms with Crippen LogP contribution in [0.5, 0.6) is 0 Å². The zero-order valence-corrected chi connectivity index (χ0v) is 14.5. The highest BCUT2D eigenvalue weighted by Crippen LogP contribution is 2.24. The number of oxazole rings is 1. The van der Waals surface area contributed by atoms with Crippen LogP contribution in [0.1, 0.15) is 42.2 Å². The van der Waals surface area contributed by atoms with Crippen molar-refractivity contribution in [1.82, 2.24) is 9.88 Å². The number of benzene rings is 1. The minimum absolute atomic E-state index is 0.174. The first kappa shape index (κ1) is 17.2. The zero-order valence-electron chi connectivity index (χ0n) is 14.5. The molecule has 0 spiro atoms. The molecule has 25 heavy (non-hydrogen) atoms. The van der Waals surface area contributed by atoms with Gasteiger partial charge in [-0.25, -0.2) is 9.78 Å². The monoisotopic (exact) mass is 342 g/mol. The van der Waals surface area contributed by atoms with Crippen LogP contribution in [-0.4, -0.2) is 41.0 Å². The molecule has 2 heterocycles. The van der Waals surface area contributed by atoms with Gasteiger partial charge in [-0.2, -0.15) is 0 Å². The van der Waals surface area contributed by atoms with E-state index in [0.717, 1.165) is 24.1 Å². The molecule has 132 valence electrons. The van der Waals surface area contributed by atoms with E-state index in [4.69, 9.17) is 9.15 Å². The van der Waals surface area contributed by atoms with Gasteiger partial charge in [-0.05, 0) is 20.3 Å². The Balaban J connectivity index is 1.60. The van der Waals surface area contributed by atoms with Gasteiger partial charge in [0.15, 0.2) is 17.8 Å². The second kappa shape index (κ2) is 7.51. The maximum Gasteiger partial charge on any atom is 0.361 e. The van der Waals surface area contributed by atoms with E-state index in [1.165, 1.54) is 6.39 Å². The summed E-state index contributed by atoms with van der Waals surface area (Å²) in [5, 5.41) is 0. The number of esters is 1. The number of rotatable bonds is 6. The minimum atomic E-state index is -0.510. The Kier molecular flexibility index (Phi) is 5.16. The van der Waals surface area contributed by atoms with Crippen molar-refractivity contribution >= 4 is 11.9 Å². The molecule has 1 atom stereocenters. The first-order valence-electron chi connectivity index (χ1n) is 8.54. The molecule has 0 N–H and O–H groups in total. The molecule has 6 nitrogen and oxygen atoms in total. The molecule has 0 saturated carbocycles. The van der Waals surface area contributed by atoms with Crippen LogP contribution in [0.25, 0.3) is 11.3 Å². The van der Waals surface area contributed by atoms with E-state index >= 15 is 0 Å². The van der Waals surface area contributed by atoms with Crippen molar-refractivity contribution in [2.75, 3.05) is 13.1 Å². The number of aromatic nitrogens is 1. The maximum atomic E-state index is 12.4. The van der Waals surface area contributed by atoms with E-state index in [1.807, 2.05) is 43.0 Å². The first-order chi connectivity index (χ1) is 12.0. The van der Waals surface area contributed by atoms with Gasteiger partial charge < -0.3 is 14.1 Å². The number of likely N-dealkylation sites (tertiary alicyclic amines) is 1. The van der Waals surface area contributed by atoms with Gasteiger partial charge in [0, 0.05) is 31.5 Å². The lowest BCUT2D eigenvalue weighted by atomic mass is 10.1. The Morgan fingerprint density at radius 3 is 2.80 bits per heavy atom. The second-order valence-electron chi connectivity index (χ2n) is 6.39. The molecule has 1 amide bonds. The smallest absolute Gasteiger partial charge is 0.361 e. The molecule has 1 aromatic heterocycles. The lowest BCUT2D eigenvalue weighted by molar-refractivity contribution is -0.127. The van der Waals surface area contributed by atoms with Crippen molar-refractivity contribution in [1.29, 1.82) is 0 Å². The molecule has 0 bridgehead atoms. The average Bonchev–Trinajstić information content (AvgIpc) is 3.22. The third-order valence-corrected chi connectivity index (χ3v) is 4.36. The van der Waals surface area contributed by atoms with E-state index in [-0.39, 0.29) is 17.7 Å². The quantitative estimate of drug-likeness (QED) is 0.754. The van der Waals surface area contributed by atoms with Crippen molar-refractivity contribution in [2.24, 2.45) is 0 Å². The standard InChI is InChI=1S/C19H22N2O4/c1-13-5-7-15(8-6-13)18-17(20-12-24-18)19(23)25-14(2)9-11-21-10-3-4-16(21)22/h5-8,12,14H,3-4,9-11H2,1-2H3/t14-/m0/s1. The van der Waals surface area contributed by atoms with Crippen LogP contribution in [0.3, 0.4) is 0 Å². The fraction of sp³-hybridized carbons (Fsp3) is 0.421. The van der Waals surface area contributed by atoms with Crippen LogP contribution in [0.2, 0.25) is 0 Å². The number of amides is 1. The summed E-state index contributed by atoms with van der Waals surface area (Å²) in [4.78, 5) is 29.9. The Morgan fingerprint density at radius 2 is 2.12 bits per heavy atom. The summed E-state index contributed by atoms with van der Waals surface area (Å²) in [7, 11) is 0. The molecule has 0 unspecified atom stereocenters. The van der Waals surface area contributed by atoms with Crippen molar-refractivity contribution < 1.29 is 18.7 Å². The first-order valence-corrected chi connectivity index (χ1v) is 8.54. The van der Waals surface area contributed by atoms with Crippen LogP contribution in [0.15, 0.2) is 35.1 Å². The van der Waals surface area contributed by atoms with Gasteiger partial charge in [-0.15, -0.1) is 0 Å². The summed E-state index contributed by atoms with van der Waals surface area (Å²) in [5.74, 6) is 0.0770.